The first-order valence-electron chi connectivity index (χ1n) is 5.38. The second-order valence-electron chi connectivity index (χ2n) is 3.94. The fourth-order valence-corrected chi connectivity index (χ4v) is 1.87. The van der Waals surface area contributed by atoms with Crippen LogP contribution in [-0.4, -0.2) is 22.5 Å². The van der Waals surface area contributed by atoms with E-state index in [0.29, 0.717) is 5.69 Å². The quantitative estimate of drug-likeness (QED) is 0.640. The fraction of sp³-hybridized carbons (Fsp3) is 0.250. The molecule has 0 aliphatic heterocycles. The van der Waals surface area contributed by atoms with Gasteiger partial charge in [0.15, 0.2) is 0 Å². The zero-order chi connectivity index (χ0) is 12.4. The number of carbonyl (C=O) groups is 1. The number of nitrogens with one attached hydrogen (secondary N) is 2. The maximum absolute atomic E-state index is 11.0. The van der Waals surface area contributed by atoms with E-state index in [0.717, 1.165) is 16.5 Å². The molecular weight excluding hydrogens is 218 g/mol. The van der Waals surface area contributed by atoms with Crippen LogP contribution in [0, 0.1) is 0 Å². The number of fused-ring (bicyclic) bond motifs is 1. The number of anilines is 1. The van der Waals surface area contributed by atoms with Gasteiger partial charge in [-0.1, -0.05) is 0 Å². The van der Waals surface area contributed by atoms with Crippen molar-refractivity contribution in [3.63, 3.8) is 0 Å². The minimum Gasteiger partial charge on any atom is -0.387 e. The molecule has 5 heteroatoms. The first-order chi connectivity index (χ1) is 8.11. The van der Waals surface area contributed by atoms with Gasteiger partial charge in [-0.25, -0.2) is 0 Å². The molecular formula is C12H15N3O2. The molecule has 1 amide bonds. The van der Waals surface area contributed by atoms with Gasteiger partial charge in [0.1, 0.15) is 0 Å². The highest BCUT2D eigenvalue weighted by Crippen LogP contribution is 2.27. The highest BCUT2D eigenvalue weighted by molar-refractivity contribution is 5.93. The van der Waals surface area contributed by atoms with Crippen LogP contribution >= 0.6 is 0 Å². The van der Waals surface area contributed by atoms with Crippen molar-refractivity contribution in [3.05, 3.63) is 30.0 Å². The maximum atomic E-state index is 11.0. The third-order valence-corrected chi connectivity index (χ3v) is 2.60. The van der Waals surface area contributed by atoms with E-state index in [2.05, 4.69) is 10.3 Å². The van der Waals surface area contributed by atoms with E-state index in [-0.39, 0.29) is 12.5 Å². The van der Waals surface area contributed by atoms with Gasteiger partial charge in [-0.3, -0.25) is 4.79 Å². The highest BCUT2D eigenvalue weighted by atomic mass is 16.3. The number of hydrogen-bond donors (Lipinski definition) is 4. The summed E-state index contributed by atoms with van der Waals surface area (Å²) in [5.41, 5.74) is 7.69. The summed E-state index contributed by atoms with van der Waals surface area (Å²) in [5, 5.41) is 13.5. The van der Waals surface area contributed by atoms with Gasteiger partial charge in [-0.15, -0.1) is 0 Å². The van der Waals surface area contributed by atoms with Crippen molar-refractivity contribution in [2.75, 3.05) is 11.9 Å². The molecule has 0 saturated heterocycles. The van der Waals surface area contributed by atoms with E-state index in [4.69, 9.17) is 5.73 Å². The molecule has 1 heterocycles. The van der Waals surface area contributed by atoms with Gasteiger partial charge >= 0.3 is 0 Å². The molecule has 1 unspecified atom stereocenters. The third-order valence-electron chi connectivity index (χ3n) is 2.60. The summed E-state index contributed by atoms with van der Waals surface area (Å²) in [4.78, 5) is 14.1. The summed E-state index contributed by atoms with van der Waals surface area (Å²) in [5.74, 6) is -0.149. The molecule has 5 N–H and O–H groups in total. The van der Waals surface area contributed by atoms with Crippen LogP contribution in [0.15, 0.2) is 24.4 Å². The standard InChI is InChI=1S/C12H15N3O2/c1-7(16)15-8-4-10(12(17)6-13)9-2-3-14-11(9)5-8/h2-5,12,14,17H,6,13H2,1H3,(H,15,16). The van der Waals surface area contributed by atoms with Gasteiger partial charge in [-0.2, -0.15) is 0 Å². The first-order valence-corrected chi connectivity index (χ1v) is 5.38. The maximum Gasteiger partial charge on any atom is 0.221 e. The molecule has 0 saturated carbocycles. The van der Waals surface area contributed by atoms with Crippen molar-refractivity contribution < 1.29 is 9.90 Å². The lowest BCUT2D eigenvalue weighted by atomic mass is 10.0. The Labute approximate surface area is 98.6 Å². The van der Waals surface area contributed by atoms with Crippen LogP contribution in [0.4, 0.5) is 5.69 Å². The average Bonchev–Trinajstić information content (AvgIpc) is 2.74. The number of rotatable bonds is 3. The van der Waals surface area contributed by atoms with Gasteiger partial charge in [0.05, 0.1) is 6.10 Å². The number of H-pyrrole nitrogens is 1. The van der Waals surface area contributed by atoms with Gasteiger partial charge in [0, 0.05) is 36.3 Å². The SMILES string of the molecule is CC(=O)Nc1cc(C(O)CN)c2cc[nH]c2c1. The summed E-state index contributed by atoms with van der Waals surface area (Å²) >= 11 is 0. The van der Waals surface area contributed by atoms with Gasteiger partial charge < -0.3 is 21.1 Å². The lowest BCUT2D eigenvalue weighted by molar-refractivity contribution is -0.114. The summed E-state index contributed by atoms with van der Waals surface area (Å²) in [7, 11) is 0. The molecule has 2 aromatic rings. The molecule has 90 valence electrons. The number of nitrogens with two attached hydrogens (primary N) is 1. The zero-order valence-corrected chi connectivity index (χ0v) is 9.53. The smallest absolute Gasteiger partial charge is 0.221 e. The Morgan fingerprint density at radius 3 is 3.00 bits per heavy atom. The van der Waals surface area contributed by atoms with E-state index >= 15 is 0 Å². The molecule has 1 aromatic heterocycles. The predicted octanol–water partition coefficient (Wildman–Crippen LogP) is 1.12. The second kappa shape index (κ2) is 4.57. The molecule has 0 radical (unpaired) electrons. The molecule has 0 aliphatic rings. The van der Waals surface area contributed by atoms with E-state index in [1.165, 1.54) is 6.92 Å². The summed E-state index contributed by atoms with van der Waals surface area (Å²) in [6.07, 6.45) is 1.05. The van der Waals surface area contributed by atoms with Crippen LogP contribution in [0.25, 0.3) is 10.9 Å². The molecule has 2 rings (SSSR count). The van der Waals surface area contributed by atoms with Gasteiger partial charge in [-0.05, 0) is 23.8 Å². The molecule has 5 nitrogen and oxygen atoms in total. The lowest BCUT2D eigenvalue weighted by Crippen LogP contribution is -2.13. The Kier molecular flexibility index (Phi) is 3.12. The van der Waals surface area contributed by atoms with Crippen molar-refractivity contribution >= 4 is 22.5 Å². The zero-order valence-electron chi connectivity index (χ0n) is 9.53. The summed E-state index contributed by atoms with van der Waals surface area (Å²) in [6.45, 7) is 1.59. The average molecular weight is 233 g/mol. The molecule has 1 aromatic carbocycles. The second-order valence-corrected chi connectivity index (χ2v) is 3.94. The minimum absolute atomic E-state index is 0.143. The van der Waals surface area contributed by atoms with Crippen LogP contribution in [0.1, 0.15) is 18.6 Å². The van der Waals surface area contributed by atoms with Crippen molar-refractivity contribution in [2.45, 2.75) is 13.0 Å². The van der Waals surface area contributed by atoms with Crippen LogP contribution in [-0.2, 0) is 4.79 Å². The Morgan fingerprint density at radius 2 is 2.35 bits per heavy atom. The van der Waals surface area contributed by atoms with Crippen LogP contribution in [0.5, 0.6) is 0 Å². The van der Waals surface area contributed by atoms with E-state index in [1.54, 1.807) is 12.3 Å². The lowest BCUT2D eigenvalue weighted by Gasteiger charge is -2.12. The van der Waals surface area contributed by atoms with Crippen LogP contribution in [0.3, 0.4) is 0 Å². The van der Waals surface area contributed by atoms with E-state index < -0.39 is 6.10 Å². The summed E-state index contributed by atoms with van der Waals surface area (Å²) < 4.78 is 0. The number of aromatic amines is 1. The number of hydrogen-bond acceptors (Lipinski definition) is 3. The van der Waals surface area contributed by atoms with Gasteiger partial charge in [0.2, 0.25) is 5.91 Å². The number of aromatic nitrogens is 1. The largest absolute Gasteiger partial charge is 0.387 e. The van der Waals surface area contributed by atoms with Gasteiger partial charge in [0.25, 0.3) is 0 Å². The third kappa shape index (κ3) is 2.30. The number of aliphatic hydroxyl groups excluding tert-OH is 1. The molecule has 0 aliphatic carbocycles. The first kappa shape index (κ1) is 11.6. The predicted molar refractivity (Wildman–Crippen MR) is 66.6 cm³/mol. The van der Waals surface area contributed by atoms with Crippen LogP contribution < -0.4 is 11.1 Å². The van der Waals surface area contributed by atoms with Crippen molar-refractivity contribution in [1.29, 1.82) is 0 Å². The van der Waals surface area contributed by atoms with E-state index in [9.17, 15) is 9.90 Å². The molecule has 1 atom stereocenters. The Balaban J connectivity index is 2.54. The van der Waals surface area contributed by atoms with Crippen LogP contribution in [0.2, 0.25) is 0 Å². The van der Waals surface area contributed by atoms with Crippen molar-refractivity contribution in [2.24, 2.45) is 5.73 Å². The van der Waals surface area contributed by atoms with E-state index in [1.807, 2.05) is 12.1 Å². The highest BCUT2D eigenvalue weighted by Gasteiger charge is 2.12. The molecule has 0 spiro atoms. The molecule has 0 fully saturated rings. The Morgan fingerprint density at radius 1 is 1.59 bits per heavy atom. The molecule has 0 bridgehead atoms. The van der Waals surface area contributed by atoms with Crippen molar-refractivity contribution in [3.8, 4) is 0 Å². The monoisotopic (exact) mass is 233 g/mol. The number of benzene rings is 1. The Hall–Kier alpha value is -1.85. The minimum atomic E-state index is -0.734. The Bertz CT molecular complexity index is 548. The number of amides is 1. The number of carbonyl (C=O) groups excluding carboxylic acids is 1. The molecule has 17 heavy (non-hydrogen) atoms. The fourth-order valence-electron chi connectivity index (χ4n) is 1.87. The normalized spacial score (nSPS) is 12.6. The summed E-state index contributed by atoms with van der Waals surface area (Å²) in [6, 6.07) is 5.44. The number of aliphatic hydroxyl groups is 1. The van der Waals surface area contributed by atoms with Crippen molar-refractivity contribution in [1.82, 2.24) is 4.98 Å². The topological polar surface area (TPSA) is 91.1 Å².